The van der Waals surface area contributed by atoms with Crippen molar-refractivity contribution in [2.45, 2.75) is 46.1 Å². The Bertz CT molecular complexity index is 585. The molecule has 5 heteroatoms. The Morgan fingerprint density at radius 1 is 1.35 bits per heavy atom. The van der Waals surface area contributed by atoms with Gasteiger partial charge in [0, 0.05) is 29.7 Å². The topological polar surface area (TPSA) is 42.2 Å². The van der Waals surface area contributed by atoms with Gasteiger partial charge in [-0.25, -0.2) is 9.50 Å². The minimum atomic E-state index is 0.0261. The summed E-state index contributed by atoms with van der Waals surface area (Å²) in [5.74, 6) is 1.87. The minimum Gasteiger partial charge on any atom is -0.366 e. The summed E-state index contributed by atoms with van der Waals surface area (Å²) >= 11 is 5.92. The first-order valence-electron chi connectivity index (χ1n) is 7.00. The molecule has 2 aromatic heterocycles. The molecule has 0 aliphatic rings. The Morgan fingerprint density at radius 2 is 2.05 bits per heavy atom. The number of fused-ring (bicyclic) bond motifs is 1. The van der Waals surface area contributed by atoms with Gasteiger partial charge in [0.1, 0.15) is 5.52 Å². The highest BCUT2D eigenvalue weighted by Gasteiger charge is 2.20. The Kier molecular flexibility index (Phi) is 4.23. The van der Waals surface area contributed by atoms with Crippen molar-refractivity contribution >= 4 is 22.9 Å². The quantitative estimate of drug-likeness (QED) is 0.874. The van der Waals surface area contributed by atoms with Crippen LogP contribution < -0.4 is 5.32 Å². The smallest absolute Gasteiger partial charge is 0.152 e. The van der Waals surface area contributed by atoms with Crippen molar-refractivity contribution < 1.29 is 0 Å². The fourth-order valence-electron chi connectivity index (χ4n) is 1.89. The van der Waals surface area contributed by atoms with Crippen molar-refractivity contribution in [3.63, 3.8) is 0 Å². The number of alkyl halides is 1. The summed E-state index contributed by atoms with van der Waals surface area (Å²) in [6, 6.07) is 2.37. The van der Waals surface area contributed by atoms with Crippen LogP contribution >= 0.6 is 11.6 Å². The van der Waals surface area contributed by atoms with Crippen LogP contribution in [0.4, 0.5) is 5.82 Å². The molecule has 0 bridgehead atoms. The maximum atomic E-state index is 5.92. The predicted molar refractivity (Wildman–Crippen MR) is 84.7 cm³/mol. The molecule has 0 saturated heterocycles. The lowest BCUT2D eigenvalue weighted by molar-refractivity contribution is 0.562. The van der Waals surface area contributed by atoms with E-state index < -0.39 is 0 Å². The third kappa shape index (κ3) is 3.06. The molecule has 0 aromatic carbocycles. The normalized spacial score (nSPS) is 15.3. The molecule has 110 valence electrons. The zero-order valence-corrected chi connectivity index (χ0v) is 13.6. The summed E-state index contributed by atoms with van der Waals surface area (Å²) in [5, 5.41) is 8.07. The number of aromatic nitrogens is 3. The van der Waals surface area contributed by atoms with Gasteiger partial charge < -0.3 is 5.32 Å². The van der Waals surface area contributed by atoms with Crippen LogP contribution in [0.3, 0.4) is 0 Å². The molecular formula is C15H23ClN4. The molecule has 1 N–H and O–H groups in total. The second-order valence-electron chi connectivity index (χ2n) is 6.45. The SMILES string of the molecule is CC(CCl)C(C)Nc1nccn2nc(C(C)(C)C)cc12. The van der Waals surface area contributed by atoms with E-state index in [1.807, 2.05) is 10.7 Å². The molecule has 2 rings (SSSR count). The number of nitrogens with one attached hydrogen (secondary N) is 1. The third-order valence-corrected chi connectivity index (χ3v) is 4.11. The van der Waals surface area contributed by atoms with E-state index >= 15 is 0 Å². The number of halogens is 1. The fourth-order valence-corrected chi connectivity index (χ4v) is 2.16. The standard InChI is InChI=1S/C15H23ClN4/c1-10(9-16)11(2)18-14-12-8-13(15(3,4)5)19-20(12)7-6-17-14/h6-8,10-11H,9H2,1-5H3,(H,17,18). The molecule has 0 spiro atoms. The number of rotatable bonds is 4. The van der Waals surface area contributed by atoms with Crippen LogP contribution in [0.15, 0.2) is 18.5 Å². The van der Waals surface area contributed by atoms with E-state index in [-0.39, 0.29) is 11.5 Å². The van der Waals surface area contributed by atoms with E-state index in [1.165, 1.54) is 0 Å². The van der Waals surface area contributed by atoms with Gasteiger partial charge in [0.2, 0.25) is 0 Å². The summed E-state index contributed by atoms with van der Waals surface area (Å²) in [4.78, 5) is 4.44. The van der Waals surface area contributed by atoms with Crippen LogP contribution in [-0.4, -0.2) is 26.5 Å². The van der Waals surface area contributed by atoms with E-state index in [1.54, 1.807) is 6.20 Å². The molecule has 0 fully saturated rings. The van der Waals surface area contributed by atoms with Crippen molar-refractivity contribution in [3.8, 4) is 0 Å². The van der Waals surface area contributed by atoms with Crippen LogP contribution in [0.1, 0.15) is 40.3 Å². The maximum Gasteiger partial charge on any atom is 0.152 e. The van der Waals surface area contributed by atoms with Crippen molar-refractivity contribution in [2.75, 3.05) is 11.2 Å². The summed E-state index contributed by atoms with van der Waals surface area (Å²) in [6.45, 7) is 10.7. The van der Waals surface area contributed by atoms with Gasteiger partial charge in [-0.15, -0.1) is 11.6 Å². The monoisotopic (exact) mass is 294 g/mol. The van der Waals surface area contributed by atoms with Crippen molar-refractivity contribution in [1.29, 1.82) is 0 Å². The molecule has 0 aliphatic carbocycles. The predicted octanol–water partition coefficient (Wildman–Crippen LogP) is 3.70. The largest absolute Gasteiger partial charge is 0.366 e. The van der Waals surface area contributed by atoms with Crippen LogP contribution in [0.25, 0.3) is 5.52 Å². The second kappa shape index (κ2) is 5.60. The van der Waals surface area contributed by atoms with Gasteiger partial charge in [-0.3, -0.25) is 0 Å². The molecule has 0 saturated carbocycles. The summed E-state index contributed by atoms with van der Waals surface area (Å²) < 4.78 is 1.88. The van der Waals surface area contributed by atoms with Gasteiger partial charge in [-0.1, -0.05) is 27.7 Å². The molecule has 4 nitrogen and oxygen atoms in total. The number of hydrogen-bond acceptors (Lipinski definition) is 3. The molecule has 2 unspecified atom stereocenters. The Morgan fingerprint density at radius 3 is 2.65 bits per heavy atom. The van der Waals surface area contributed by atoms with E-state index in [0.717, 1.165) is 17.0 Å². The van der Waals surface area contributed by atoms with Gasteiger partial charge in [0.15, 0.2) is 5.82 Å². The van der Waals surface area contributed by atoms with Crippen LogP contribution in [-0.2, 0) is 5.41 Å². The lowest BCUT2D eigenvalue weighted by atomic mass is 9.92. The Labute approximate surface area is 125 Å². The van der Waals surface area contributed by atoms with Crippen LogP contribution in [0, 0.1) is 5.92 Å². The lowest BCUT2D eigenvalue weighted by Gasteiger charge is -2.19. The number of hydrogen-bond donors (Lipinski definition) is 1. The van der Waals surface area contributed by atoms with E-state index in [0.29, 0.717) is 11.8 Å². The van der Waals surface area contributed by atoms with Gasteiger partial charge in [0.05, 0.1) is 5.69 Å². The van der Waals surface area contributed by atoms with Crippen molar-refractivity contribution in [1.82, 2.24) is 14.6 Å². The highest BCUT2D eigenvalue weighted by atomic mass is 35.5. The first-order chi connectivity index (χ1) is 9.32. The molecular weight excluding hydrogens is 272 g/mol. The first-order valence-corrected chi connectivity index (χ1v) is 7.53. The third-order valence-electron chi connectivity index (χ3n) is 3.62. The molecule has 20 heavy (non-hydrogen) atoms. The van der Waals surface area contributed by atoms with Gasteiger partial charge in [0.25, 0.3) is 0 Å². The molecule has 0 radical (unpaired) electrons. The second-order valence-corrected chi connectivity index (χ2v) is 6.76. The highest BCUT2D eigenvalue weighted by molar-refractivity contribution is 6.18. The van der Waals surface area contributed by atoms with Crippen molar-refractivity contribution in [3.05, 3.63) is 24.2 Å². The van der Waals surface area contributed by atoms with E-state index in [4.69, 9.17) is 11.6 Å². The first kappa shape index (κ1) is 15.1. The highest BCUT2D eigenvalue weighted by Crippen LogP contribution is 2.25. The van der Waals surface area contributed by atoms with Crippen molar-refractivity contribution in [2.24, 2.45) is 5.92 Å². The Balaban J connectivity index is 2.37. The van der Waals surface area contributed by atoms with Gasteiger partial charge in [-0.05, 0) is 18.9 Å². The van der Waals surface area contributed by atoms with Crippen LogP contribution in [0.2, 0.25) is 0 Å². The molecule has 2 aromatic rings. The van der Waals surface area contributed by atoms with Crippen LogP contribution in [0.5, 0.6) is 0 Å². The molecule has 2 atom stereocenters. The maximum absolute atomic E-state index is 5.92. The average Bonchev–Trinajstić information content (AvgIpc) is 2.82. The lowest BCUT2D eigenvalue weighted by Crippen LogP contribution is -2.25. The summed E-state index contributed by atoms with van der Waals surface area (Å²) in [7, 11) is 0. The minimum absolute atomic E-state index is 0.0261. The summed E-state index contributed by atoms with van der Waals surface area (Å²) in [6.07, 6.45) is 3.65. The van der Waals surface area contributed by atoms with Gasteiger partial charge >= 0.3 is 0 Å². The molecule has 2 heterocycles. The molecule has 0 amide bonds. The fraction of sp³-hybridized carbons (Fsp3) is 0.600. The average molecular weight is 295 g/mol. The molecule has 0 aliphatic heterocycles. The van der Waals surface area contributed by atoms with E-state index in [2.05, 4.69) is 56.1 Å². The number of anilines is 1. The van der Waals surface area contributed by atoms with Gasteiger partial charge in [-0.2, -0.15) is 5.10 Å². The zero-order chi connectivity index (χ0) is 14.9. The summed E-state index contributed by atoms with van der Waals surface area (Å²) in [5.41, 5.74) is 2.09. The Hall–Kier alpha value is -1.29. The van der Waals surface area contributed by atoms with E-state index in [9.17, 15) is 0 Å². The zero-order valence-electron chi connectivity index (χ0n) is 12.8. The number of nitrogens with zero attached hydrogens (tertiary/aromatic N) is 3.